The van der Waals surface area contributed by atoms with Crippen molar-refractivity contribution in [2.24, 2.45) is 0 Å². The van der Waals surface area contributed by atoms with E-state index >= 15 is 0 Å². The van der Waals surface area contributed by atoms with Gasteiger partial charge in [0, 0.05) is 17.5 Å². The minimum absolute atomic E-state index is 0.345. The van der Waals surface area contributed by atoms with Gasteiger partial charge in [0.1, 0.15) is 5.60 Å². The molecule has 1 aromatic heterocycles. The van der Waals surface area contributed by atoms with Gasteiger partial charge in [-0.3, -0.25) is 0 Å². The monoisotopic (exact) mass is 298 g/mol. The van der Waals surface area contributed by atoms with E-state index in [1.165, 1.54) is 4.88 Å². The summed E-state index contributed by atoms with van der Waals surface area (Å²) >= 11 is 1.78. The van der Waals surface area contributed by atoms with Gasteiger partial charge in [-0.25, -0.2) is 4.79 Å². The average Bonchev–Trinajstić information content (AvgIpc) is 2.85. The summed E-state index contributed by atoms with van der Waals surface area (Å²) in [5.74, 6) is 0. The first-order valence-corrected chi connectivity index (χ1v) is 8.04. The third kappa shape index (κ3) is 6.91. The lowest BCUT2D eigenvalue weighted by molar-refractivity contribution is 0.0527. The number of hydrogen-bond donors (Lipinski definition) is 2. The van der Waals surface area contributed by atoms with Gasteiger partial charge in [0.2, 0.25) is 0 Å². The lowest BCUT2D eigenvalue weighted by Gasteiger charge is -2.20. The highest BCUT2D eigenvalue weighted by molar-refractivity contribution is 7.10. The van der Waals surface area contributed by atoms with Gasteiger partial charge >= 0.3 is 6.09 Å². The van der Waals surface area contributed by atoms with Crippen LogP contribution in [-0.4, -0.2) is 24.8 Å². The Hall–Kier alpha value is -1.07. The molecule has 0 fully saturated rings. The van der Waals surface area contributed by atoms with Gasteiger partial charge in [-0.1, -0.05) is 13.0 Å². The number of ether oxygens (including phenoxy) is 1. The number of carbonyl (C=O) groups is 1. The molecule has 0 aromatic carbocycles. The number of thiophene rings is 1. The number of alkyl carbamates (subject to hydrolysis) is 1. The van der Waals surface area contributed by atoms with Crippen molar-refractivity contribution < 1.29 is 9.53 Å². The Morgan fingerprint density at radius 2 is 2.15 bits per heavy atom. The Kier molecular flexibility index (Phi) is 7.02. The molecule has 1 aromatic rings. The fraction of sp³-hybridized carbons (Fsp3) is 0.667. The zero-order valence-electron chi connectivity index (χ0n) is 12.9. The normalized spacial score (nSPS) is 13.0. The van der Waals surface area contributed by atoms with Crippen LogP contribution in [0.4, 0.5) is 4.79 Å². The van der Waals surface area contributed by atoms with Gasteiger partial charge in [-0.15, -0.1) is 11.3 Å². The van der Waals surface area contributed by atoms with Gasteiger partial charge in [-0.05, 0) is 51.6 Å². The van der Waals surface area contributed by atoms with Crippen LogP contribution in [0.25, 0.3) is 0 Å². The van der Waals surface area contributed by atoms with Gasteiger partial charge in [0.05, 0.1) is 0 Å². The molecule has 1 amide bonds. The lowest BCUT2D eigenvalue weighted by atomic mass is 10.2. The molecule has 5 heteroatoms. The van der Waals surface area contributed by atoms with Crippen molar-refractivity contribution in [1.29, 1.82) is 0 Å². The first-order chi connectivity index (χ1) is 9.42. The highest BCUT2D eigenvalue weighted by Crippen LogP contribution is 2.21. The molecule has 0 bridgehead atoms. The van der Waals surface area contributed by atoms with Gasteiger partial charge < -0.3 is 15.4 Å². The van der Waals surface area contributed by atoms with Crippen molar-refractivity contribution in [3.63, 3.8) is 0 Å². The zero-order valence-corrected chi connectivity index (χ0v) is 13.7. The molecule has 0 aliphatic rings. The van der Waals surface area contributed by atoms with E-state index in [0.29, 0.717) is 12.6 Å². The van der Waals surface area contributed by atoms with E-state index in [-0.39, 0.29) is 6.09 Å². The molecule has 0 saturated carbocycles. The SMILES string of the molecule is CCC(NCCCNC(=O)OC(C)(C)C)c1cccs1. The van der Waals surface area contributed by atoms with Crippen LogP contribution < -0.4 is 10.6 Å². The maximum atomic E-state index is 11.4. The van der Waals surface area contributed by atoms with Gasteiger partial charge in [0.25, 0.3) is 0 Å². The Balaban J connectivity index is 2.14. The molecule has 1 unspecified atom stereocenters. The number of nitrogens with one attached hydrogen (secondary N) is 2. The molecule has 2 N–H and O–H groups in total. The van der Waals surface area contributed by atoms with Crippen LogP contribution >= 0.6 is 11.3 Å². The van der Waals surface area contributed by atoms with Crippen LogP contribution in [0.3, 0.4) is 0 Å². The summed E-state index contributed by atoms with van der Waals surface area (Å²) in [5.41, 5.74) is -0.436. The summed E-state index contributed by atoms with van der Waals surface area (Å²) in [7, 11) is 0. The van der Waals surface area contributed by atoms with Crippen LogP contribution in [0.1, 0.15) is 51.5 Å². The maximum Gasteiger partial charge on any atom is 0.407 e. The van der Waals surface area contributed by atoms with Crippen LogP contribution in [0.5, 0.6) is 0 Å². The van der Waals surface area contributed by atoms with Crippen molar-refractivity contribution in [3.8, 4) is 0 Å². The van der Waals surface area contributed by atoms with E-state index in [4.69, 9.17) is 4.74 Å². The van der Waals surface area contributed by atoms with Crippen LogP contribution in [0.2, 0.25) is 0 Å². The third-order valence-corrected chi connectivity index (χ3v) is 3.69. The fourth-order valence-corrected chi connectivity index (χ4v) is 2.69. The number of amides is 1. The van der Waals surface area contributed by atoms with Crippen molar-refractivity contribution in [3.05, 3.63) is 22.4 Å². The third-order valence-electron chi connectivity index (χ3n) is 2.71. The second-order valence-corrected chi connectivity index (χ2v) is 6.69. The Labute approximate surface area is 125 Å². The minimum atomic E-state index is -0.436. The number of hydrogen-bond acceptors (Lipinski definition) is 4. The summed E-state index contributed by atoms with van der Waals surface area (Å²) < 4.78 is 5.18. The van der Waals surface area contributed by atoms with E-state index in [1.807, 2.05) is 20.8 Å². The van der Waals surface area contributed by atoms with Crippen molar-refractivity contribution >= 4 is 17.4 Å². The van der Waals surface area contributed by atoms with E-state index in [2.05, 4.69) is 35.1 Å². The topological polar surface area (TPSA) is 50.4 Å². The first-order valence-electron chi connectivity index (χ1n) is 7.16. The van der Waals surface area contributed by atoms with Crippen LogP contribution in [-0.2, 0) is 4.74 Å². The summed E-state index contributed by atoms with van der Waals surface area (Å²) in [5, 5.41) is 8.38. The molecular weight excluding hydrogens is 272 g/mol. The Morgan fingerprint density at radius 1 is 1.40 bits per heavy atom. The molecular formula is C15H26N2O2S. The number of carbonyl (C=O) groups excluding carboxylic acids is 1. The molecule has 0 aliphatic carbocycles. The summed E-state index contributed by atoms with van der Waals surface area (Å²) in [6.45, 7) is 9.27. The molecule has 4 nitrogen and oxygen atoms in total. The van der Waals surface area contributed by atoms with Crippen molar-refractivity contribution in [2.75, 3.05) is 13.1 Å². The van der Waals surface area contributed by atoms with Crippen LogP contribution in [0, 0.1) is 0 Å². The van der Waals surface area contributed by atoms with E-state index in [9.17, 15) is 4.79 Å². The van der Waals surface area contributed by atoms with Gasteiger partial charge in [0.15, 0.2) is 0 Å². The van der Waals surface area contributed by atoms with E-state index in [1.54, 1.807) is 11.3 Å². The highest BCUT2D eigenvalue weighted by Gasteiger charge is 2.15. The highest BCUT2D eigenvalue weighted by atomic mass is 32.1. The quantitative estimate of drug-likeness (QED) is 0.755. The maximum absolute atomic E-state index is 11.4. The van der Waals surface area contributed by atoms with Crippen molar-refractivity contribution in [1.82, 2.24) is 10.6 Å². The summed E-state index contributed by atoms with van der Waals surface area (Å²) in [6, 6.07) is 4.65. The lowest BCUT2D eigenvalue weighted by Crippen LogP contribution is -2.34. The smallest absolute Gasteiger partial charge is 0.407 e. The fourth-order valence-electron chi connectivity index (χ4n) is 1.80. The summed E-state index contributed by atoms with van der Waals surface area (Å²) in [4.78, 5) is 12.8. The molecule has 1 heterocycles. The molecule has 1 atom stereocenters. The molecule has 0 aliphatic heterocycles. The minimum Gasteiger partial charge on any atom is -0.444 e. The molecule has 0 spiro atoms. The average molecular weight is 298 g/mol. The standard InChI is InChI=1S/C15H26N2O2S/c1-5-12(13-8-6-11-20-13)16-9-7-10-17-14(18)19-15(2,3)4/h6,8,11-12,16H,5,7,9-10H2,1-4H3,(H,17,18). The Bertz CT molecular complexity index is 385. The van der Waals surface area contributed by atoms with Crippen molar-refractivity contribution in [2.45, 2.75) is 52.2 Å². The zero-order chi connectivity index (χ0) is 15.0. The molecule has 0 radical (unpaired) electrons. The number of rotatable bonds is 7. The van der Waals surface area contributed by atoms with Crippen LogP contribution in [0.15, 0.2) is 17.5 Å². The molecule has 114 valence electrons. The second kappa shape index (κ2) is 8.27. The Morgan fingerprint density at radius 3 is 2.70 bits per heavy atom. The predicted octanol–water partition coefficient (Wildman–Crippen LogP) is 3.70. The second-order valence-electron chi connectivity index (χ2n) is 5.71. The van der Waals surface area contributed by atoms with E-state index in [0.717, 1.165) is 19.4 Å². The molecule has 20 heavy (non-hydrogen) atoms. The summed E-state index contributed by atoms with van der Waals surface area (Å²) in [6.07, 6.45) is 1.61. The molecule has 0 saturated heterocycles. The predicted molar refractivity (Wildman–Crippen MR) is 84.2 cm³/mol. The molecule has 1 rings (SSSR count). The first kappa shape index (κ1) is 17.0. The van der Waals surface area contributed by atoms with Gasteiger partial charge in [-0.2, -0.15) is 0 Å². The largest absolute Gasteiger partial charge is 0.444 e. The van der Waals surface area contributed by atoms with E-state index < -0.39 is 5.60 Å².